The summed E-state index contributed by atoms with van der Waals surface area (Å²) in [7, 11) is 0. The summed E-state index contributed by atoms with van der Waals surface area (Å²) in [5, 5.41) is 7.22. The number of anilines is 3. The summed E-state index contributed by atoms with van der Waals surface area (Å²) in [5.41, 5.74) is 15.0. The zero-order valence-corrected chi connectivity index (χ0v) is 28.8. The van der Waals surface area contributed by atoms with Crippen LogP contribution < -0.4 is 4.90 Å². The first-order valence-electron chi connectivity index (χ1n) is 18.4. The smallest absolute Gasteiger partial charge is 0.159 e. The lowest BCUT2D eigenvalue weighted by Crippen LogP contribution is -2.26. The molecule has 2 heteroatoms. The van der Waals surface area contributed by atoms with Crippen molar-refractivity contribution in [2.45, 2.75) is 5.41 Å². The summed E-state index contributed by atoms with van der Waals surface area (Å²) in [6.07, 6.45) is 0. The van der Waals surface area contributed by atoms with E-state index in [2.05, 4.69) is 187 Å². The molecule has 0 N–H and O–H groups in total. The second-order valence-corrected chi connectivity index (χ2v) is 14.3. The second-order valence-electron chi connectivity index (χ2n) is 14.3. The fourth-order valence-corrected chi connectivity index (χ4v) is 9.83. The van der Waals surface area contributed by atoms with E-state index in [0.29, 0.717) is 0 Å². The number of para-hydroxylation sites is 3. The Labute approximate surface area is 306 Å². The molecule has 2 nitrogen and oxygen atoms in total. The van der Waals surface area contributed by atoms with Crippen molar-refractivity contribution in [1.29, 1.82) is 0 Å². The quantitative estimate of drug-likeness (QED) is 0.186. The van der Waals surface area contributed by atoms with Crippen molar-refractivity contribution in [3.05, 3.63) is 210 Å². The van der Waals surface area contributed by atoms with Gasteiger partial charge in [0, 0.05) is 21.8 Å². The van der Waals surface area contributed by atoms with Crippen LogP contribution in [0.25, 0.3) is 65.7 Å². The average molecular weight is 674 g/mol. The van der Waals surface area contributed by atoms with Crippen LogP contribution in [0.1, 0.15) is 22.3 Å². The SMILES string of the molecule is c1ccc(N(c2cc3c(c4ccccc24)-c2ccc4ccccc4c2C32c3ccccc3-c3ccccc32)c2cccc3c2oc2ccccc23)cc1. The van der Waals surface area contributed by atoms with Gasteiger partial charge in [-0.2, -0.15) is 0 Å². The number of rotatable bonds is 3. The van der Waals surface area contributed by atoms with Crippen LogP contribution in [0.3, 0.4) is 0 Å². The summed E-state index contributed by atoms with van der Waals surface area (Å²) in [5.74, 6) is 0. The molecule has 0 aliphatic heterocycles. The standard InChI is InChI=1S/C51H31NO/c1-2-16-33(17-3-1)52(45-27-14-24-40-38-22-10-13-28-47(38)53-50(40)45)46-31-44-48(39-23-7-6-21-37(39)46)41-30-29-32-15-4-5-18-34(32)49(41)51(44)42-25-11-8-19-35(42)36-20-9-12-26-43(36)51/h1-31H. The molecule has 10 aromatic rings. The molecule has 0 unspecified atom stereocenters. The molecule has 246 valence electrons. The van der Waals surface area contributed by atoms with Gasteiger partial charge in [-0.3, -0.25) is 0 Å². The van der Waals surface area contributed by atoms with Crippen LogP contribution >= 0.6 is 0 Å². The predicted octanol–water partition coefficient (Wildman–Crippen LogP) is 13.7. The van der Waals surface area contributed by atoms with Gasteiger partial charge in [0.2, 0.25) is 0 Å². The third-order valence-electron chi connectivity index (χ3n) is 11.8. The van der Waals surface area contributed by atoms with Crippen LogP contribution in [0.15, 0.2) is 192 Å². The highest BCUT2D eigenvalue weighted by Gasteiger charge is 2.53. The number of hydrogen-bond donors (Lipinski definition) is 0. The van der Waals surface area contributed by atoms with E-state index in [1.807, 2.05) is 6.07 Å². The maximum absolute atomic E-state index is 6.76. The Kier molecular flexibility index (Phi) is 5.73. The number of nitrogens with zero attached hydrogens (tertiary/aromatic N) is 1. The zero-order valence-electron chi connectivity index (χ0n) is 28.8. The Morgan fingerprint density at radius 1 is 0.396 bits per heavy atom. The monoisotopic (exact) mass is 673 g/mol. The van der Waals surface area contributed by atoms with Gasteiger partial charge in [-0.25, -0.2) is 0 Å². The van der Waals surface area contributed by atoms with Gasteiger partial charge in [-0.15, -0.1) is 0 Å². The molecule has 12 rings (SSSR count). The number of furan rings is 1. The first kappa shape index (κ1) is 28.8. The van der Waals surface area contributed by atoms with Crippen LogP contribution in [0.2, 0.25) is 0 Å². The number of hydrogen-bond acceptors (Lipinski definition) is 2. The minimum atomic E-state index is -0.523. The van der Waals surface area contributed by atoms with E-state index >= 15 is 0 Å². The van der Waals surface area contributed by atoms with E-state index in [4.69, 9.17) is 4.42 Å². The fourth-order valence-electron chi connectivity index (χ4n) is 9.83. The molecular formula is C51H31NO. The highest BCUT2D eigenvalue weighted by atomic mass is 16.3. The summed E-state index contributed by atoms with van der Waals surface area (Å²) >= 11 is 0. The van der Waals surface area contributed by atoms with E-state index in [1.165, 1.54) is 66.1 Å². The molecule has 0 saturated heterocycles. The molecule has 1 aromatic heterocycles. The summed E-state index contributed by atoms with van der Waals surface area (Å²) < 4.78 is 6.76. The van der Waals surface area contributed by atoms with E-state index in [0.717, 1.165) is 39.0 Å². The molecule has 2 aliphatic carbocycles. The largest absolute Gasteiger partial charge is 0.454 e. The summed E-state index contributed by atoms with van der Waals surface area (Å²) in [6.45, 7) is 0. The van der Waals surface area contributed by atoms with Gasteiger partial charge < -0.3 is 9.32 Å². The van der Waals surface area contributed by atoms with Crippen LogP contribution in [0, 0.1) is 0 Å². The fraction of sp³-hybridized carbons (Fsp3) is 0.0196. The van der Waals surface area contributed by atoms with Crippen molar-refractivity contribution in [3.63, 3.8) is 0 Å². The minimum Gasteiger partial charge on any atom is -0.454 e. The van der Waals surface area contributed by atoms with Crippen LogP contribution in [0.4, 0.5) is 17.1 Å². The molecule has 1 spiro atoms. The Balaban J connectivity index is 1.27. The van der Waals surface area contributed by atoms with Crippen molar-refractivity contribution in [2.75, 3.05) is 4.90 Å². The third kappa shape index (κ3) is 3.67. The molecule has 0 saturated carbocycles. The van der Waals surface area contributed by atoms with Crippen molar-refractivity contribution in [3.8, 4) is 22.3 Å². The van der Waals surface area contributed by atoms with Crippen molar-refractivity contribution in [1.82, 2.24) is 0 Å². The van der Waals surface area contributed by atoms with E-state index < -0.39 is 5.41 Å². The van der Waals surface area contributed by atoms with E-state index in [1.54, 1.807) is 0 Å². The van der Waals surface area contributed by atoms with Gasteiger partial charge in [0.15, 0.2) is 5.58 Å². The topological polar surface area (TPSA) is 16.4 Å². The van der Waals surface area contributed by atoms with Crippen molar-refractivity contribution < 1.29 is 4.42 Å². The first-order chi connectivity index (χ1) is 26.3. The third-order valence-corrected chi connectivity index (χ3v) is 11.8. The predicted molar refractivity (Wildman–Crippen MR) is 220 cm³/mol. The summed E-state index contributed by atoms with van der Waals surface area (Å²) in [6, 6.07) is 69.0. The second kappa shape index (κ2) is 10.6. The highest BCUT2D eigenvalue weighted by Crippen LogP contribution is 2.66. The molecule has 0 radical (unpaired) electrons. The Morgan fingerprint density at radius 2 is 1.02 bits per heavy atom. The van der Waals surface area contributed by atoms with Gasteiger partial charge in [0.25, 0.3) is 0 Å². The molecule has 0 bridgehead atoms. The molecule has 0 amide bonds. The van der Waals surface area contributed by atoms with E-state index in [9.17, 15) is 0 Å². The lowest BCUT2D eigenvalue weighted by Gasteiger charge is -2.33. The molecule has 1 heterocycles. The van der Waals surface area contributed by atoms with E-state index in [-0.39, 0.29) is 0 Å². The average Bonchev–Trinajstić information content (AvgIpc) is 3.86. The van der Waals surface area contributed by atoms with Gasteiger partial charge >= 0.3 is 0 Å². The molecule has 2 aliphatic rings. The maximum Gasteiger partial charge on any atom is 0.159 e. The Hall–Kier alpha value is -6.90. The van der Waals surface area contributed by atoms with Crippen LogP contribution in [-0.4, -0.2) is 0 Å². The Bertz CT molecular complexity index is 3090. The van der Waals surface area contributed by atoms with Gasteiger partial charge in [0.05, 0.1) is 16.8 Å². The molecular weight excluding hydrogens is 643 g/mol. The molecule has 0 fully saturated rings. The molecule has 0 atom stereocenters. The van der Waals surface area contributed by atoms with Crippen LogP contribution in [-0.2, 0) is 5.41 Å². The molecule has 9 aromatic carbocycles. The van der Waals surface area contributed by atoms with Gasteiger partial charge in [-0.1, -0.05) is 158 Å². The van der Waals surface area contributed by atoms with Crippen molar-refractivity contribution >= 4 is 60.5 Å². The zero-order chi connectivity index (χ0) is 34.7. The van der Waals surface area contributed by atoms with Gasteiger partial charge in [0.1, 0.15) is 5.58 Å². The number of benzene rings is 9. The number of fused-ring (bicyclic) bond motifs is 17. The lowest BCUT2D eigenvalue weighted by molar-refractivity contribution is 0.669. The normalized spacial score (nSPS) is 13.4. The summed E-state index contributed by atoms with van der Waals surface area (Å²) in [4.78, 5) is 2.43. The van der Waals surface area contributed by atoms with Crippen LogP contribution in [0.5, 0.6) is 0 Å². The minimum absolute atomic E-state index is 0.523. The highest BCUT2D eigenvalue weighted by molar-refractivity contribution is 6.16. The lowest BCUT2D eigenvalue weighted by atomic mass is 9.69. The van der Waals surface area contributed by atoms with Crippen molar-refractivity contribution in [2.24, 2.45) is 0 Å². The Morgan fingerprint density at radius 3 is 1.81 bits per heavy atom. The maximum atomic E-state index is 6.76. The first-order valence-corrected chi connectivity index (χ1v) is 18.4. The van der Waals surface area contributed by atoms with Gasteiger partial charge in [-0.05, 0) is 91.0 Å². The molecule has 53 heavy (non-hydrogen) atoms.